The maximum atomic E-state index is 12.4. The van der Waals surface area contributed by atoms with Crippen LogP contribution in [0.15, 0.2) is 47.8 Å². The second-order valence-corrected chi connectivity index (χ2v) is 6.21. The van der Waals surface area contributed by atoms with Crippen LogP contribution in [0.2, 0.25) is 0 Å². The van der Waals surface area contributed by atoms with Crippen molar-refractivity contribution in [3.63, 3.8) is 0 Å². The molecule has 0 bridgehead atoms. The molecule has 3 heteroatoms. The van der Waals surface area contributed by atoms with E-state index in [0.717, 1.165) is 6.42 Å². The van der Waals surface area contributed by atoms with Crippen molar-refractivity contribution in [1.29, 1.82) is 0 Å². The van der Waals surface area contributed by atoms with Gasteiger partial charge in [-0.05, 0) is 37.3 Å². The molecule has 0 aliphatic rings. The van der Waals surface area contributed by atoms with Crippen LogP contribution in [-0.4, -0.2) is 16.8 Å². The Kier molecular flexibility index (Phi) is 5.36. The van der Waals surface area contributed by atoms with Gasteiger partial charge in [0.25, 0.3) is 0 Å². The van der Waals surface area contributed by atoms with Crippen LogP contribution in [0.5, 0.6) is 0 Å². The minimum absolute atomic E-state index is 0.228. The molecule has 0 saturated carbocycles. The molecule has 1 aromatic heterocycles. The van der Waals surface area contributed by atoms with Gasteiger partial charge >= 0.3 is 0 Å². The molecule has 0 atom stereocenters. The predicted molar refractivity (Wildman–Crippen MR) is 84.8 cm³/mol. The smallest absolute Gasteiger partial charge is 0.223 e. The molecule has 106 valence electrons. The molecule has 0 aliphatic carbocycles. The summed E-state index contributed by atoms with van der Waals surface area (Å²) in [5.74, 6) is 0.234. The topological polar surface area (TPSA) is 20.3 Å². The average Bonchev–Trinajstić information content (AvgIpc) is 2.96. The monoisotopic (exact) mass is 287 g/mol. The number of rotatable bonds is 6. The Bertz CT molecular complexity index is 519. The van der Waals surface area contributed by atoms with Crippen LogP contribution in [0.3, 0.4) is 0 Å². The Morgan fingerprint density at radius 2 is 1.90 bits per heavy atom. The van der Waals surface area contributed by atoms with E-state index in [0.29, 0.717) is 13.0 Å². The van der Waals surface area contributed by atoms with Crippen LogP contribution in [0.25, 0.3) is 0 Å². The first-order chi connectivity index (χ1) is 9.66. The quantitative estimate of drug-likeness (QED) is 0.782. The highest BCUT2D eigenvalue weighted by Crippen LogP contribution is 2.14. The van der Waals surface area contributed by atoms with Gasteiger partial charge in [0.05, 0.1) is 0 Å². The Labute approximate surface area is 125 Å². The van der Waals surface area contributed by atoms with Crippen LogP contribution < -0.4 is 0 Å². The van der Waals surface area contributed by atoms with Gasteiger partial charge in [0, 0.05) is 23.9 Å². The number of carbonyl (C=O) groups is 1. The molecule has 0 fully saturated rings. The largest absolute Gasteiger partial charge is 0.336 e. The number of hydrogen-bond acceptors (Lipinski definition) is 2. The lowest BCUT2D eigenvalue weighted by Crippen LogP contribution is -2.36. The van der Waals surface area contributed by atoms with Gasteiger partial charge in [-0.25, -0.2) is 0 Å². The minimum atomic E-state index is 0.228. The van der Waals surface area contributed by atoms with Crippen molar-refractivity contribution < 1.29 is 4.79 Å². The van der Waals surface area contributed by atoms with Crippen molar-refractivity contribution in [2.24, 2.45) is 0 Å². The number of nitrogens with zero attached hydrogens (tertiary/aromatic N) is 1. The summed E-state index contributed by atoms with van der Waals surface area (Å²) < 4.78 is 0. The average molecular weight is 287 g/mol. The fourth-order valence-corrected chi connectivity index (χ4v) is 2.88. The summed E-state index contributed by atoms with van der Waals surface area (Å²) >= 11 is 1.72. The van der Waals surface area contributed by atoms with E-state index in [1.165, 1.54) is 10.4 Å². The SMILES string of the molecule is CC(C)N(Cc1ccccc1)C(=O)CCc1cccs1. The highest BCUT2D eigenvalue weighted by Gasteiger charge is 2.17. The van der Waals surface area contributed by atoms with Crippen molar-refractivity contribution in [1.82, 2.24) is 4.90 Å². The van der Waals surface area contributed by atoms with E-state index >= 15 is 0 Å². The molecule has 0 N–H and O–H groups in total. The third-order valence-corrected chi connectivity index (χ3v) is 4.24. The summed E-state index contributed by atoms with van der Waals surface area (Å²) in [6, 6.07) is 14.5. The fraction of sp³-hybridized carbons (Fsp3) is 0.353. The molecule has 0 radical (unpaired) electrons. The molecule has 0 aliphatic heterocycles. The van der Waals surface area contributed by atoms with E-state index in [2.05, 4.69) is 37.4 Å². The summed E-state index contributed by atoms with van der Waals surface area (Å²) in [4.78, 5) is 15.7. The van der Waals surface area contributed by atoms with Gasteiger partial charge in [-0.2, -0.15) is 0 Å². The molecule has 0 spiro atoms. The highest BCUT2D eigenvalue weighted by molar-refractivity contribution is 7.09. The molecule has 0 unspecified atom stereocenters. The zero-order chi connectivity index (χ0) is 14.4. The van der Waals surface area contributed by atoms with E-state index in [9.17, 15) is 4.79 Å². The summed E-state index contributed by atoms with van der Waals surface area (Å²) in [6.45, 7) is 4.85. The van der Waals surface area contributed by atoms with E-state index in [1.54, 1.807) is 11.3 Å². The second kappa shape index (κ2) is 7.25. The fourth-order valence-electron chi connectivity index (χ4n) is 2.17. The highest BCUT2D eigenvalue weighted by atomic mass is 32.1. The Balaban J connectivity index is 1.95. The Morgan fingerprint density at radius 1 is 1.15 bits per heavy atom. The molecular formula is C17H21NOS. The lowest BCUT2D eigenvalue weighted by atomic mass is 10.1. The van der Waals surface area contributed by atoms with Crippen LogP contribution in [0.1, 0.15) is 30.7 Å². The second-order valence-electron chi connectivity index (χ2n) is 5.18. The zero-order valence-electron chi connectivity index (χ0n) is 12.1. The number of aryl methyl sites for hydroxylation is 1. The zero-order valence-corrected chi connectivity index (χ0v) is 12.9. The predicted octanol–water partition coefficient (Wildman–Crippen LogP) is 4.12. The van der Waals surface area contributed by atoms with Gasteiger partial charge in [-0.15, -0.1) is 11.3 Å². The molecule has 2 rings (SSSR count). The van der Waals surface area contributed by atoms with E-state index < -0.39 is 0 Å². The molecule has 2 aromatic rings. The van der Waals surface area contributed by atoms with E-state index in [-0.39, 0.29) is 11.9 Å². The van der Waals surface area contributed by atoms with Gasteiger partial charge in [0.15, 0.2) is 0 Å². The summed E-state index contributed by atoms with van der Waals surface area (Å²) in [6.07, 6.45) is 1.43. The van der Waals surface area contributed by atoms with E-state index in [4.69, 9.17) is 0 Å². The van der Waals surface area contributed by atoms with E-state index in [1.807, 2.05) is 29.2 Å². The summed E-state index contributed by atoms with van der Waals surface area (Å²) in [7, 11) is 0. The molecular weight excluding hydrogens is 266 g/mol. The van der Waals surface area contributed by atoms with Crippen molar-refractivity contribution in [3.8, 4) is 0 Å². The minimum Gasteiger partial charge on any atom is -0.336 e. The molecule has 1 heterocycles. The van der Waals surface area contributed by atoms with Crippen molar-refractivity contribution in [2.45, 2.75) is 39.3 Å². The number of hydrogen-bond donors (Lipinski definition) is 0. The maximum Gasteiger partial charge on any atom is 0.223 e. The number of amides is 1. The molecule has 1 aromatic carbocycles. The van der Waals surface area contributed by atoms with Gasteiger partial charge in [0.1, 0.15) is 0 Å². The molecule has 2 nitrogen and oxygen atoms in total. The molecule has 20 heavy (non-hydrogen) atoms. The van der Waals surface area contributed by atoms with Crippen LogP contribution >= 0.6 is 11.3 Å². The molecule has 1 amide bonds. The number of thiophene rings is 1. The standard InChI is InChI=1S/C17H21NOS/c1-14(2)18(13-15-7-4-3-5-8-15)17(19)11-10-16-9-6-12-20-16/h3-9,12,14H,10-11,13H2,1-2H3. The van der Waals surface area contributed by atoms with Gasteiger partial charge < -0.3 is 4.90 Å². The van der Waals surface area contributed by atoms with Crippen LogP contribution in [0.4, 0.5) is 0 Å². The summed E-state index contributed by atoms with van der Waals surface area (Å²) in [5.41, 5.74) is 1.19. The normalized spacial score (nSPS) is 10.8. The molecule has 0 saturated heterocycles. The van der Waals surface area contributed by atoms with Gasteiger partial charge in [0.2, 0.25) is 5.91 Å². The van der Waals surface area contributed by atoms with Crippen LogP contribution in [0, 0.1) is 0 Å². The lowest BCUT2D eigenvalue weighted by Gasteiger charge is -2.27. The van der Waals surface area contributed by atoms with Crippen molar-refractivity contribution in [3.05, 3.63) is 58.3 Å². The van der Waals surface area contributed by atoms with Crippen molar-refractivity contribution in [2.75, 3.05) is 0 Å². The summed E-state index contributed by atoms with van der Waals surface area (Å²) in [5, 5.41) is 2.06. The van der Waals surface area contributed by atoms with Gasteiger partial charge in [-0.1, -0.05) is 36.4 Å². The van der Waals surface area contributed by atoms with Crippen LogP contribution in [-0.2, 0) is 17.8 Å². The Hall–Kier alpha value is -1.61. The van der Waals surface area contributed by atoms with Gasteiger partial charge in [-0.3, -0.25) is 4.79 Å². The lowest BCUT2D eigenvalue weighted by molar-refractivity contribution is -0.133. The number of benzene rings is 1. The number of carbonyl (C=O) groups excluding carboxylic acids is 1. The first kappa shape index (κ1) is 14.8. The Morgan fingerprint density at radius 3 is 2.50 bits per heavy atom. The first-order valence-electron chi connectivity index (χ1n) is 7.02. The third kappa shape index (κ3) is 4.20. The first-order valence-corrected chi connectivity index (χ1v) is 7.90. The van der Waals surface area contributed by atoms with Crippen molar-refractivity contribution >= 4 is 17.2 Å². The maximum absolute atomic E-state index is 12.4. The third-order valence-electron chi connectivity index (χ3n) is 3.30.